The maximum atomic E-state index is 5.36. The lowest BCUT2D eigenvalue weighted by Crippen LogP contribution is -2.07. The fraction of sp³-hybridized carbons (Fsp3) is 0.455. The van der Waals surface area contributed by atoms with Crippen molar-refractivity contribution >= 4 is 0 Å². The number of rotatable bonds is 0. The highest BCUT2D eigenvalue weighted by Crippen LogP contribution is 2.31. The van der Waals surface area contributed by atoms with Gasteiger partial charge in [-0.3, -0.25) is 0 Å². The molecule has 0 nitrogen and oxygen atoms in total. The van der Waals surface area contributed by atoms with E-state index >= 15 is 0 Å². The Morgan fingerprint density at radius 3 is 2.82 bits per heavy atom. The van der Waals surface area contributed by atoms with Crippen molar-refractivity contribution in [2.45, 2.75) is 26.7 Å². The molecule has 0 spiro atoms. The molecule has 0 aromatic rings. The Labute approximate surface area is 69.0 Å². The molecule has 0 heterocycles. The molecule has 0 aliphatic heterocycles. The molecule has 0 bridgehead atoms. The van der Waals surface area contributed by atoms with E-state index in [1.54, 1.807) is 0 Å². The molecule has 1 rings (SSSR count). The second kappa shape index (κ2) is 2.96. The van der Waals surface area contributed by atoms with E-state index in [0.29, 0.717) is 5.92 Å². The molecule has 0 radical (unpaired) electrons. The summed E-state index contributed by atoms with van der Waals surface area (Å²) < 4.78 is 0. The summed E-state index contributed by atoms with van der Waals surface area (Å²) in [5.41, 5.74) is 3.84. The van der Waals surface area contributed by atoms with Gasteiger partial charge in [-0.15, -0.1) is 6.42 Å². The molecule has 1 aliphatic carbocycles. The summed E-state index contributed by atoms with van der Waals surface area (Å²) in [7, 11) is 0. The monoisotopic (exact) mass is 146 g/mol. The van der Waals surface area contributed by atoms with Gasteiger partial charge in [0, 0.05) is 5.57 Å². The third kappa shape index (κ3) is 1.54. The molecule has 0 aromatic heterocycles. The third-order valence-corrected chi connectivity index (χ3v) is 2.39. The minimum Gasteiger partial charge on any atom is -0.115 e. The highest BCUT2D eigenvalue weighted by atomic mass is 14.2. The van der Waals surface area contributed by atoms with Gasteiger partial charge < -0.3 is 0 Å². The average molecular weight is 146 g/mol. The first-order valence-electron chi connectivity index (χ1n) is 3.98. The molecule has 0 heteroatoms. The zero-order valence-electron chi connectivity index (χ0n) is 7.28. The largest absolute Gasteiger partial charge is 0.115 e. The maximum absolute atomic E-state index is 5.36. The normalized spacial score (nSPS) is 25.2. The lowest BCUT2D eigenvalue weighted by atomic mass is 9.83. The van der Waals surface area contributed by atoms with Crippen molar-refractivity contribution in [3.8, 4) is 12.3 Å². The molecule has 0 N–H and O–H groups in total. The van der Waals surface area contributed by atoms with Crippen LogP contribution in [0.5, 0.6) is 0 Å². The summed E-state index contributed by atoms with van der Waals surface area (Å²) in [5, 5.41) is 0. The standard InChI is InChI=1S/C11H14/c1-5-11-7-9(3)8(2)6-10(11)4/h1,9H,2,6-7H2,3-4H3/t9-/m1/s1. The van der Waals surface area contributed by atoms with E-state index in [-0.39, 0.29) is 0 Å². The average Bonchev–Trinajstić information content (AvgIpc) is 1.97. The first kappa shape index (κ1) is 8.14. The molecule has 0 saturated heterocycles. The van der Waals surface area contributed by atoms with Gasteiger partial charge in [-0.25, -0.2) is 0 Å². The number of terminal acetylenes is 1. The van der Waals surface area contributed by atoms with Crippen molar-refractivity contribution in [3.63, 3.8) is 0 Å². The molecule has 1 aliphatic rings. The Kier molecular flexibility index (Phi) is 2.19. The van der Waals surface area contributed by atoms with Crippen molar-refractivity contribution in [3.05, 3.63) is 23.3 Å². The Morgan fingerprint density at radius 2 is 2.27 bits per heavy atom. The van der Waals surface area contributed by atoms with Crippen LogP contribution in [0.2, 0.25) is 0 Å². The fourth-order valence-electron chi connectivity index (χ4n) is 1.43. The molecular formula is C11H14. The minimum absolute atomic E-state index is 0.574. The summed E-state index contributed by atoms with van der Waals surface area (Å²) in [6.07, 6.45) is 7.38. The van der Waals surface area contributed by atoms with E-state index in [4.69, 9.17) is 6.42 Å². The van der Waals surface area contributed by atoms with Gasteiger partial charge in [-0.05, 0) is 25.7 Å². The smallest absolute Gasteiger partial charge is 0.00159 e. The third-order valence-electron chi connectivity index (χ3n) is 2.39. The van der Waals surface area contributed by atoms with Crippen LogP contribution < -0.4 is 0 Å². The van der Waals surface area contributed by atoms with Crippen LogP contribution >= 0.6 is 0 Å². The first-order chi connectivity index (χ1) is 5.15. The van der Waals surface area contributed by atoms with Crippen LogP contribution in [0.25, 0.3) is 0 Å². The van der Waals surface area contributed by atoms with Crippen molar-refractivity contribution < 1.29 is 0 Å². The Bertz CT molecular complexity index is 248. The molecule has 0 saturated carbocycles. The van der Waals surface area contributed by atoms with E-state index in [0.717, 1.165) is 12.8 Å². The van der Waals surface area contributed by atoms with Gasteiger partial charge in [0.15, 0.2) is 0 Å². The fourth-order valence-corrected chi connectivity index (χ4v) is 1.43. The van der Waals surface area contributed by atoms with Crippen LogP contribution in [0.4, 0.5) is 0 Å². The van der Waals surface area contributed by atoms with Gasteiger partial charge in [0.25, 0.3) is 0 Å². The minimum atomic E-state index is 0.574. The van der Waals surface area contributed by atoms with Crippen LogP contribution in [0.3, 0.4) is 0 Å². The zero-order valence-corrected chi connectivity index (χ0v) is 7.28. The predicted octanol–water partition coefficient (Wildman–Crippen LogP) is 2.92. The van der Waals surface area contributed by atoms with Gasteiger partial charge in [-0.1, -0.05) is 30.6 Å². The van der Waals surface area contributed by atoms with E-state index in [2.05, 4.69) is 26.3 Å². The lowest BCUT2D eigenvalue weighted by Gasteiger charge is -2.22. The Balaban J connectivity index is 2.90. The number of hydrogen-bond donors (Lipinski definition) is 0. The van der Waals surface area contributed by atoms with E-state index in [1.165, 1.54) is 16.7 Å². The topological polar surface area (TPSA) is 0 Å². The summed E-state index contributed by atoms with van der Waals surface area (Å²) in [6, 6.07) is 0. The van der Waals surface area contributed by atoms with Crippen LogP contribution in [-0.2, 0) is 0 Å². The predicted molar refractivity (Wildman–Crippen MR) is 49.1 cm³/mol. The number of hydrogen-bond acceptors (Lipinski definition) is 0. The summed E-state index contributed by atoms with van der Waals surface area (Å²) in [4.78, 5) is 0. The molecule has 11 heavy (non-hydrogen) atoms. The summed E-state index contributed by atoms with van der Waals surface area (Å²) in [6.45, 7) is 8.30. The van der Waals surface area contributed by atoms with Gasteiger partial charge >= 0.3 is 0 Å². The quantitative estimate of drug-likeness (QED) is 0.364. The van der Waals surface area contributed by atoms with Gasteiger partial charge in [-0.2, -0.15) is 0 Å². The lowest BCUT2D eigenvalue weighted by molar-refractivity contribution is 0.633. The number of allylic oxidation sites excluding steroid dienone is 3. The molecule has 0 unspecified atom stereocenters. The first-order valence-corrected chi connectivity index (χ1v) is 3.98. The van der Waals surface area contributed by atoms with Crippen LogP contribution in [0.15, 0.2) is 23.3 Å². The molecule has 58 valence electrons. The van der Waals surface area contributed by atoms with Crippen LogP contribution in [0.1, 0.15) is 26.7 Å². The van der Waals surface area contributed by atoms with E-state index in [1.807, 2.05) is 0 Å². The van der Waals surface area contributed by atoms with Crippen LogP contribution in [-0.4, -0.2) is 0 Å². The second-order valence-electron chi connectivity index (χ2n) is 3.34. The summed E-state index contributed by atoms with van der Waals surface area (Å²) >= 11 is 0. The SMILES string of the molecule is C#CC1=C(C)CC(=C)[C@H](C)C1. The highest BCUT2D eigenvalue weighted by molar-refractivity contribution is 5.37. The summed E-state index contributed by atoms with van der Waals surface area (Å²) in [5.74, 6) is 3.32. The molecule has 0 aromatic carbocycles. The Morgan fingerprint density at radius 1 is 1.64 bits per heavy atom. The maximum Gasteiger partial charge on any atom is 0.00159 e. The van der Waals surface area contributed by atoms with Crippen molar-refractivity contribution in [2.75, 3.05) is 0 Å². The molecule has 0 amide bonds. The van der Waals surface area contributed by atoms with E-state index < -0.39 is 0 Å². The molecular weight excluding hydrogens is 132 g/mol. The highest BCUT2D eigenvalue weighted by Gasteiger charge is 2.16. The van der Waals surface area contributed by atoms with Gasteiger partial charge in [0.2, 0.25) is 0 Å². The van der Waals surface area contributed by atoms with Crippen molar-refractivity contribution in [1.29, 1.82) is 0 Å². The molecule has 0 fully saturated rings. The van der Waals surface area contributed by atoms with Gasteiger partial charge in [0.1, 0.15) is 0 Å². The zero-order chi connectivity index (χ0) is 8.43. The molecule has 1 atom stereocenters. The van der Waals surface area contributed by atoms with E-state index in [9.17, 15) is 0 Å². The second-order valence-corrected chi connectivity index (χ2v) is 3.34. The van der Waals surface area contributed by atoms with Crippen molar-refractivity contribution in [2.24, 2.45) is 5.92 Å². The van der Waals surface area contributed by atoms with Crippen LogP contribution in [0, 0.1) is 18.3 Å². The Hall–Kier alpha value is -0.960. The van der Waals surface area contributed by atoms with Gasteiger partial charge in [0.05, 0.1) is 0 Å². The van der Waals surface area contributed by atoms with Crippen molar-refractivity contribution in [1.82, 2.24) is 0 Å².